The number of hydrogen-bond acceptors (Lipinski definition) is 6. The molecule has 1 aromatic carbocycles. The summed E-state index contributed by atoms with van der Waals surface area (Å²) in [7, 11) is 0. The topological polar surface area (TPSA) is 84.2 Å². The maximum absolute atomic E-state index is 12.8. The lowest BCUT2D eigenvalue weighted by molar-refractivity contribution is -0.125. The Kier molecular flexibility index (Phi) is 5.23. The third-order valence-electron chi connectivity index (χ3n) is 5.24. The SMILES string of the molecule is CCc1noc2nc(C)nc(N3CCC[C@H](C(=O)NCc4ccccc4)C3)c12. The van der Waals surface area contributed by atoms with E-state index in [0.717, 1.165) is 48.3 Å². The maximum Gasteiger partial charge on any atom is 0.263 e. The molecule has 0 saturated carbocycles. The Bertz CT molecular complexity index is 970. The number of aromatic nitrogens is 3. The van der Waals surface area contributed by atoms with Gasteiger partial charge in [-0.1, -0.05) is 42.4 Å². The van der Waals surface area contributed by atoms with Gasteiger partial charge < -0.3 is 14.7 Å². The minimum Gasteiger partial charge on any atom is -0.355 e. The monoisotopic (exact) mass is 379 g/mol. The van der Waals surface area contributed by atoms with Crippen molar-refractivity contribution in [3.63, 3.8) is 0 Å². The number of fused-ring (bicyclic) bond motifs is 1. The standard InChI is InChI=1S/C21H25N5O2/c1-3-17-18-19(23-14(2)24-21(18)28-25-17)26-11-7-10-16(13-26)20(27)22-12-15-8-5-4-6-9-15/h4-6,8-9,16H,3,7,10-13H2,1-2H3,(H,22,27)/t16-/m0/s1. The summed E-state index contributed by atoms with van der Waals surface area (Å²) in [4.78, 5) is 24.0. The van der Waals surface area contributed by atoms with E-state index < -0.39 is 0 Å². The fourth-order valence-electron chi connectivity index (χ4n) is 3.78. The number of amides is 1. The molecular weight excluding hydrogens is 354 g/mol. The summed E-state index contributed by atoms with van der Waals surface area (Å²) in [6.07, 6.45) is 2.58. The first-order valence-electron chi connectivity index (χ1n) is 9.85. The molecule has 1 fully saturated rings. The molecule has 3 heterocycles. The number of hydrogen-bond donors (Lipinski definition) is 1. The second kappa shape index (κ2) is 7.96. The number of nitrogens with one attached hydrogen (secondary N) is 1. The van der Waals surface area contributed by atoms with Crippen LogP contribution in [0.2, 0.25) is 0 Å². The molecule has 2 aromatic heterocycles. The van der Waals surface area contributed by atoms with Gasteiger partial charge in [-0.15, -0.1) is 0 Å². The molecule has 0 bridgehead atoms. The molecule has 1 atom stereocenters. The Morgan fingerprint density at radius 2 is 2.11 bits per heavy atom. The van der Waals surface area contributed by atoms with Crippen molar-refractivity contribution in [3.05, 3.63) is 47.4 Å². The third kappa shape index (κ3) is 3.69. The van der Waals surface area contributed by atoms with E-state index in [1.54, 1.807) is 0 Å². The van der Waals surface area contributed by atoms with Crippen LogP contribution in [0.4, 0.5) is 5.82 Å². The highest BCUT2D eigenvalue weighted by molar-refractivity contribution is 5.89. The Hall–Kier alpha value is -2.96. The van der Waals surface area contributed by atoms with Gasteiger partial charge in [0.15, 0.2) is 0 Å². The third-order valence-corrected chi connectivity index (χ3v) is 5.24. The average Bonchev–Trinajstić information content (AvgIpc) is 3.15. The highest BCUT2D eigenvalue weighted by atomic mass is 16.5. The van der Waals surface area contributed by atoms with Crippen LogP contribution in [0.25, 0.3) is 11.1 Å². The largest absolute Gasteiger partial charge is 0.355 e. The van der Waals surface area contributed by atoms with E-state index in [9.17, 15) is 4.79 Å². The minimum absolute atomic E-state index is 0.0623. The van der Waals surface area contributed by atoms with E-state index in [1.807, 2.05) is 44.2 Å². The Balaban J connectivity index is 1.52. The molecule has 146 valence electrons. The van der Waals surface area contributed by atoms with Gasteiger partial charge in [0.05, 0.1) is 11.6 Å². The molecule has 0 spiro atoms. The van der Waals surface area contributed by atoms with E-state index in [2.05, 4.69) is 25.3 Å². The second-order valence-electron chi connectivity index (χ2n) is 7.25. The van der Waals surface area contributed by atoms with Crippen LogP contribution in [-0.2, 0) is 17.8 Å². The van der Waals surface area contributed by atoms with Gasteiger partial charge in [-0.2, -0.15) is 4.98 Å². The highest BCUT2D eigenvalue weighted by Gasteiger charge is 2.29. The number of rotatable bonds is 5. The van der Waals surface area contributed by atoms with Crippen LogP contribution in [0.15, 0.2) is 34.9 Å². The van der Waals surface area contributed by atoms with Crippen LogP contribution >= 0.6 is 0 Å². The van der Waals surface area contributed by atoms with Gasteiger partial charge in [-0.25, -0.2) is 4.98 Å². The molecule has 4 rings (SSSR count). The number of anilines is 1. The minimum atomic E-state index is -0.0623. The lowest BCUT2D eigenvalue weighted by atomic mass is 9.96. The number of aryl methyl sites for hydroxylation is 2. The Labute approximate surface area is 164 Å². The van der Waals surface area contributed by atoms with Crippen molar-refractivity contribution in [3.8, 4) is 0 Å². The second-order valence-corrected chi connectivity index (χ2v) is 7.25. The first-order valence-corrected chi connectivity index (χ1v) is 9.85. The van der Waals surface area contributed by atoms with Gasteiger partial charge in [-0.3, -0.25) is 4.79 Å². The molecule has 1 amide bonds. The lowest BCUT2D eigenvalue weighted by Crippen LogP contribution is -2.43. The predicted octanol–water partition coefficient (Wildman–Crippen LogP) is 3.02. The van der Waals surface area contributed by atoms with Crippen LogP contribution in [0, 0.1) is 12.8 Å². The molecule has 3 aromatic rings. The van der Waals surface area contributed by atoms with Crippen LogP contribution in [0.3, 0.4) is 0 Å². The zero-order valence-electron chi connectivity index (χ0n) is 16.3. The summed E-state index contributed by atoms with van der Waals surface area (Å²) >= 11 is 0. The highest BCUT2D eigenvalue weighted by Crippen LogP contribution is 2.30. The number of carbonyl (C=O) groups excluding carboxylic acids is 1. The van der Waals surface area contributed by atoms with Gasteiger partial charge in [0.25, 0.3) is 5.71 Å². The van der Waals surface area contributed by atoms with Crippen molar-refractivity contribution in [2.24, 2.45) is 5.92 Å². The normalized spacial score (nSPS) is 17.1. The predicted molar refractivity (Wildman–Crippen MR) is 107 cm³/mol. The van der Waals surface area contributed by atoms with Gasteiger partial charge in [0.1, 0.15) is 17.0 Å². The van der Waals surface area contributed by atoms with Crippen molar-refractivity contribution >= 4 is 22.8 Å². The quantitative estimate of drug-likeness (QED) is 0.734. The van der Waals surface area contributed by atoms with Gasteiger partial charge in [0, 0.05) is 19.6 Å². The molecule has 0 radical (unpaired) electrons. The zero-order valence-corrected chi connectivity index (χ0v) is 16.3. The first kappa shape index (κ1) is 18.4. The van der Waals surface area contributed by atoms with Crippen molar-refractivity contribution in [1.29, 1.82) is 0 Å². The van der Waals surface area contributed by atoms with Crippen molar-refractivity contribution in [2.75, 3.05) is 18.0 Å². The molecule has 0 aliphatic carbocycles. The van der Waals surface area contributed by atoms with E-state index in [-0.39, 0.29) is 11.8 Å². The molecule has 1 saturated heterocycles. The average molecular weight is 379 g/mol. The van der Waals surface area contributed by atoms with Gasteiger partial charge in [-0.05, 0) is 31.7 Å². The van der Waals surface area contributed by atoms with E-state index in [0.29, 0.717) is 24.6 Å². The maximum atomic E-state index is 12.8. The number of nitrogens with zero attached hydrogens (tertiary/aromatic N) is 4. The summed E-state index contributed by atoms with van der Waals surface area (Å²) in [5, 5.41) is 8.10. The Morgan fingerprint density at radius 3 is 2.89 bits per heavy atom. The van der Waals surface area contributed by atoms with Crippen LogP contribution < -0.4 is 10.2 Å². The fraction of sp³-hybridized carbons (Fsp3) is 0.429. The first-order chi connectivity index (χ1) is 13.7. The molecule has 0 unspecified atom stereocenters. The summed E-state index contributed by atoms with van der Waals surface area (Å²) < 4.78 is 5.41. The molecule has 7 heteroatoms. The molecular formula is C21H25N5O2. The molecule has 28 heavy (non-hydrogen) atoms. The Morgan fingerprint density at radius 1 is 1.29 bits per heavy atom. The fourth-order valence-corrected chi connectivity index (χ4v) is 3.78. The zero-order chi connectivity index (χ0) is 19.5. The summed E-state index contributed by atoms with van der Waals surface area (Å²) in [5.74, 6) is 1.52. The molecule has 1 N–H and O–H groups in total. The molecule has 1 aliphatic heterocycles. The summed E-state index contributed by atoms with van der Waals surface area (Å²) in [6.45, 7) is 5.95. The van der Waals surface area contributed by atoms with Crippen LogP contribution in [0.5, 0.6) is 0 Å². The van der Waals surface area contributed by atoms with Gasteiger partial charge >= 0.3 is 0 Å². The van der Waals surface area contributed by atoms with Gasteiger partial charge in [0.2, 0.25) is 5.91 Å². The molecule has 1 aliphatic rings. The van der Waals surface area contributed by atoms with E-state index >= 15 is 0 Å². The number of carbonyl (C=O) groups is 1. The number of benzene rings is 1. The van der Waals surface area contributed by atoms with E-state index in [4.69, 9.17) is 4.52 Å². The number of piperidine rings is 1. The lowest BCUT2D eigenvalue weighted by Gasteiger charge is -2.33. The summed E-state index contributed by atoms with van der Waals surface area (Å²) in [5.41, 5.74) is 2.49. The van der Waals surface area contributed by atoms with Crippen molar-refractivity contribution in [1.82, 2.24) is 20.4 Å². The molecule has 7 nitrogen and oxygen atoms in total. The van der Waals surface area contributed by atoms with E-state index in [1.165, 1.54) is 0 Å². The van der Waals surface area contributed by atoms with Crippen LogP contribution in [-0.4, -0.2) is 34.1 Å². The smallest absolute Gasteiger partial charge is 0.263 e. The van der Waals surface area contributed by atoms with Crippen molar-refractivity contribution in [2.45, 2.75) is 39.7 Å². The van der Waals surface area contributed by atoms with Crippen molar-refractivity contribution < 1.29 is 9.32 Å². The van der Waals surface area contributed by atoms with Crippen LogP contribution in [0.1, 0.15) is 36.8 Å². The summed E-state index contributed by atoms with van der Waals surface area (Å²) in [6, 6.07) is 9.98.